The zero-order valence-electron chi connectivity index (χ0n) is 28.3. The molecular formula is C48H37N3. The highest BCUT2D eigenvalue weighted by atomic mass is 15.2. The third kappa shape index (κ3) is 4.44. The monoisotopic (exact) mass is 655 g/mol. The van der Waals surface area contributed by atoms with Crippen molar-refractivity contribution in [3.63, 3.8) is 0 Å². The molecule has 0 bridgehead atoms. The quantitative estimate of drug-likeness (QED) is 0.201. The Balaban J connectivity index is 0.963. The molecule has 3 heteroatoms. The summed E-state index contributed by atoms with van der Waals surface area (Å²) < 4.78 is 2.40. The van der Waals surface area contributed by atoms with Crippen LogP contribution in [-0.4, -0.2) is 15.6 Å². The molecule has 3 aliphatic carbocycles. The predicted molar refractivity (Wildman–Crippen MR) is 213 cm³/mol. The van der Waals surface area contributed by atoms with Crippen LogP contribution in [0.25, 0.3) is 61.7 Å². The summed E-state index contributed by atoms with van der Waals surface area (Å²) in [4.78, 5) is 6.32. The van der Waals surface area contributed by atoms with Gasteiger partial charge in [0.15, 0.2) is 0 Å². The molecule has 3 unspecified atom stereocenters. The minimum atomic E-state index is 0.330. The number of benzene rings is 5. The lowest BCUT2D eigenvalue weighted by atomic mass is 9.81. The maximum absolute atomic E-state index is 3.75. The number of anilines is 1. The highest BCUT2D eigenvalue weighted by molar-refractivity contribution is 6.09. The molecule has 0 amide bonds. The molecule has 3 nitrogen and oxygen atoms in total. The van der Waals surface area contributed by atoms with Gasteiger partial charge in [-0.3, -0.25) is 0 Å². The van der Waals surface area contributed by atoms with Crippen LogP contribution in [0.15, 0.2) is 163 Å². The van der Waals surface area contributed by atoms with Crippen molar-refractivity contribution in [3.8, 4) is 16.8 Å². The molecule has 1 N–H and O–H groups in total. The molecule has 0 radical (unpaired) electrons. The van der Waals surface area contributed by atoms with Crippen molar-refractivity contribution in [2.45, 2.75) is 24.8 Å². The van der Waals surface area contributed by atoms with E-state index >= 15 is 0 Å². The first-order valence-corrected chi connectivity index (χ1v) is 18.3. The Bertz CT molecular complexity index is 2750. The lowest BCUT2D eigenvalue weighted by Crippen LogP contribution is -2.34. The van der Waals surface area contributed by atoms with E-state index in [0.29, 0.717) is 23.8 Å². The fraction of sp³-hybridized carbons (Fsp3) is 0.125. The summed E-state index contributed by atoms with van der Waals surface area (Å²) in [5.74, 6) is 1.29. The van der Waals surface area contributed by atoms with Crippen LogP contribution in [0, 0.1) is 11.8 Å². The van der Waals surface area contributed by atoms with Crippen molar-refractivity contribution < 1.29 is 0 Å². The van der Waals surface area contributed by atoms with E-state index in [9.17, 15) is 0 Å². The Hall–Kier alpha value is -6.06. The molecule has 0 spiro atoms. The summed E-state index contributed by atoms with van der Waals surface area (Å²) in [6, 6.07) is 42.7. The molecule has 1 aliphatic heterocycles. The van der Waals surface area contributed by atoms with Crippen LogP contribution in [0.4, 0.5) is 5.69 Å². The zero-order chi connectivity index (χ0) is 33.5. The number of hydrogen-bond donors (Lipinski definition) is 1. The van der Waals surface area contributed by atoms with E-state index in [2.05, 4.69) is 184 Å². The second kappa shape index (κ2) is 11.2. The van der Waals surface area contributed by atoms with Crippen molar-refractivity contribution in [1.82, 2.24) is 9.55 Å². The number of hydrogen-bond acceptors (Lipinski definition) is 1. The Morgan fingerprint density at radius 1 is 0.627 bits per heavy atom. The summed E-state index contributed by atoms with van der Waals surface area (Å²) in [5, 5.41) is 6.47. The number of allylic oxidation sites excluding steroid dienone is 5. The van der Waals surface area contributed by atoms with E-state index in [1.165, 1.54) is 77.0 Å². The van der Waals surface area contributed by atoms with Crippen molar-refractivity contribution in [1.29, 1.82) is 0 Å². The second-order valence-corrected chi connectivity index (χ2v) is 14.5. The van der Waals surface area contributed by atoms with Crippen molar-refractivity contribution >= 4 is 50.5 Å². The van der Waals surface area contributed by atoms with Gasteiger partial charge in [-0.05, 0) is 89.9 Å². The lowest BCUT2D eigenvalue weighted by molar-refractivity contribution is 0.504. The number of aromatic amines is 1. The summed E-state index contributed by atoms with van der Waals surface area (Å²) in [6.45, 7) is 0. The van der Waals surface area contributed by atoms with Crippen LogP contribution >= 0.6 is 0 Å². The van der Waals surface area contributed by atoms with Gasteiger partial charge in [0.05, 0.1) is 17.1 Å². The van der Waals surface area contributed by atoms with Gasteiger partial charge in [-0.1, -0.05) is 121 Å². The molecule has 0 fully saturated rings. The summed E-state index contributed by atoms with van der Waals surface area (Å²) >= 11 is 0. The summed E-state index contributed by atoms with van der Waals surface area (Å²) in [5.41, 5.74) is 11.4. The molecule has 0 saturated heterocycles. The van der Waals surface area contributed by atoms with E-state index in [1.807, 2.05) is 0 Å². The topological polar surface area (TPSA) is 24.0 Å². The number of para-hydroxylation sites is 3. The van der Waals surface area contributed by atoms with Crippen molar-refractivity contribution in [2.24, 2.45) is 11.8 Å². The summed E-state index contributed by atoms with van der Waals surface area (Å²) in [6.07, 6.45) is 23.6. The normalized spacial score (nSPS) is 21.7. The highest BCUT2D eigenvalue weighted by Gasteiger charge is 2.38. The molecule has 51 heavy (non-hydrogen) atoms. The maximum atomic E-state index is 3.75. The number of nitrogens with one attached hydrogen (secondary N) is 1. The average molecular weight is 656 g/mol. The largest absolute Gasteiger partial charge is 0.355 e. The van der Waals surface area contributed by atoms with Crippen LogP contribution in [0.3, 0.4) is 0 Å². The van der Waals surface area contributed by atoms with Gasteiger partial charge in [-0.2, -0.15) is 0 Å². The SMILES string of the molecule is C1=CC2c3ccccc3N(C3=C[C@H](C4C=c5c([nH]c6ccc(-c7cccc(-n8c9ccccc9c9ccccc98)c7)cc56)=CC4)CC=C3)C2C=C1. The minimum Gasteiger partial charge on any atom is -0.355 e. The number of aromatic nitrogens is 2. The van der Waals surface area contributed by atoms with Gasteiger partial charge >= 0.3 is 0 Å². The Morgan fingerprint density at radius 3 is 2.27 bits per heavy atom. The van der Waals surface area contributed by atoms with Gasteiger partial charge in [-0.15, -0.1) is 0 Å². The molecular weight excluding hydrogens is 619 g/mol. The number of rotatable bonds is 4. The Labute approximate surface area is 297 Å². The summed E-state index contributed by atoms with van der Waals surface area (Å²) in [7, 11) is 0. The molecule has 7 aromatic rings. The van der Waals surface area contributed by atoms with Crippen molar-refractivity contribution in [2.75, 3.05) is 4.90 Å². The number of fused-ring (bicyclic) bond motifs is 9. The zero-order valence-corrected chi connectivity index (χ0v) is 28.3. The predicted octanol–water partition coefficient (Wildman–Crippen LogP) is 10.1. The molecule has 2 aromatic heterocycles. The highest BCUT2D eigenvalue weighted by Crippen LogP contribution is 2.47. The lowest BCUT2D eigenvalue weighted by Gasteiger charge is -2.33. The standard InChI is InChI=1S/C48H37N3/c1-5-19-45-37(15-1)38-16-2-6-20-46(38)50(45)35-13-9-11-31(27-35)33-23-25-43-41(29-33)42-30-34(24-26-44(42)49-43)32-12-10-14-36(28-32)51-47-21-7-3-17-39(47)40-18-4-8-22-48(40)51/h1-11,13-23,25-30,32,34,39,47,49H,12,24H2/t32-,34?,39?,47?/m1/s1. The molecule has 0 saturated carbocycles. The third-order valence-corrected chi connectivity index (χ3v) is 11.7. The van der Waals surface area contributed by atoms with Crippen molar-refractivity contribution in [3.05, 3.63) is 180 Å². The fourth-order valence-electron chi connectivity index (χ4n) is 9.35. The van der Waals surface area contributed by atoms with E-state index in [4.69, 9.17) is 0 Å². The second-order valence-electron chi connectivity index (χ2n) is 14.5. The van der Waals surface area contributed by atoms with Gasteiger partial charge in [0.2, 0.25) is 0 Å². The number of H-pyrrole nitrogens is 1. The molecule has 4 atom stereocenters. The molecule has 4 aliphatic rings. The van der Waals surface area contributed by atoms with Gasteiger partial charge in [0.1, 0.15) is 0 Å². The van der Waals surface area contributed by atoms with Gasteiger partial charge in [-0.25, -0.2) is 0 Å². The number of nitrogens with zero attached hydrogens (tertiary/aromatic N) is 2. The smallest absolute Gasteiger partial charge is 0.0629 e. The third-order valence-electron chi connectivity index (χ3n) is 11.7. The van der Waals surface area contributed by atoms with Crippen LogP contribution < -0.4 is 15.5 Å². The molecule has 11 rings (SSSR count). The first kappa shape index (κ1) is 28.7. The molecule has 244 valence electrons. The molecule has 5 aromatic carbocycles. The van der Waals surface area contributed by atoms with Gasteiger partial charge in [0.25, 0.3) is 0 Å². The first-order valence-electron chi connectivity index (χ1n) is 18.3. The Morgan fingerprint density at radius 2 is 1.39 bits per heavy atom. The first-order chi connectivity index (χ1) is 25.3. The maximum Gasteiger partial charge on any atom is 0.0629 e. The van der Waals surface area contributed by atoms with E-state index in [-0.39, 0.29) is 0 Å². The molecule has 3 heterocycles. The van der Waals surface area contributed by atoms with Crippen LogP contribution in [0.5, 0.6) is 0 Å². The minimum absolute atomic E-state index is 0.330. The fourth-order valence-corrected chi connectivity index (χ4v) is 9.35. The van der Waals surface area contributed by atoms with Gasteiger partial charge in [0, 0.05) is 55.2 Å². The van der Waals surface area contributed by atoms with Crippen LogP contribution in [-0.2, 0) is 0 Å². The van der Waals surface area contributed by atoms with E-state index in [1.54, 1.807) is 0 Å². The van der Waals surface area contributed by atoms with E-state index < -0.39 is 0 Å². The average Bonchev–Trinajstić information content (AvgIpc) is 3.85. The van der Waals surface area contributed by atoms with Gasteiger partial charge < -0.3 is 14.5 Å². The Kier molecular flexibility index (Phi) is 6.33. The van der Waals surface area contributed by atoms with Crippen LogP contribution in [0.1, 0.15) is 24.3 Å². The van der Waals surface area contributed by atoms with E-state index in [0.717, 1.165) is 12.8 Å². The van der Waals surface area contributed by atoms with Crippen LogP contribution in [0.2, 0.25) is 0 Å².